The molecule has 1 unspecified atom stereocenters. The van der Waals surface area contributed by atoms with Crippen LogP contribution >= 0.6 is 0 Å². The van der Waals surface area contributed by atoms with Crippen molar-refractivity contribution >= 4 is 0 Å². The number of rotatable bonds is 8. The summed E-state index contributed by atoms with van der Waals surface area (Å²) in [6.07, 6.45) is 8.72. The molecule has 0 aliphatic rings. The molecule has 0 aromatic heterocycles. The molecule has 0 fully saturated rings. The van der Waals surface area contributed by atoms with Crippen LogP contribution < -0.4 is 0 Å². The largest absolute Gasteiger partial charge is 0.389 e. The maximum absolute atomic E-state index is 9.68. The first-order valence-electron chi connectivity index (χ1n) is 7.01. The summed E-state index contributed by atoms with van der Waals surface area (Å²) in [5.74, 6) is 0. The van der Waals surface area contributed by atoms with Crippen LogP contribution in [0.5, 0.6) is 0 Å². The summed E-state index contributed by atoms with van der Waals surface area (Å²) >= 11 is 0. The number of unbranched alkanes of at least 4 members (excludes halogenated alkanes) is 5. The zero-order valence-electron chi connectivity index (χ0n) is 11.3. The highest BCUT2D eigenvalue weighted by Gasteiger charge is 2.06. The molecule has 1 aromatic carbocycles. The number of hydrogen-bond donors (Lipinski definition) is 1. The molecule has 0 aliphatic carbocycles. The summed E-state index contributed by atoms with van der Waals surface area (Å²) in [5, 5.41) is 9.68. The minimum atomic E-state index is -0.341. The Bertz CT molecular complexity index is 304. The molecule has 96 valence electrons. The maximum Gasteiger partial charge on any atom is 0.0764 e. The van der Waals surface area contributed by atoms with Crippen molar-refractivity contribution in [1.29, 1.82) is 0 Å². The second kappa shape index (κ2) is 8.30. The van der Waals surface area contributed by atoms with E-state index >= 15 is 0 Å². The van der Waals surface area contributed by atoms with Gasteiger partial charge in [0.15, 0.2) is 0 Å². The lowest BCUT2D eigenvalue weighted by Crippen LogP contribution is -1.98. The molecular formula is C16H26O. The van der Waals surface area contributed by atoms with Crippen LogP contribution in [0.4, 0.5) is 0 Å². The zero-order chi connectivity index (χ0) is 12.5. The second-order valence-electron chi connectivity index (χ2n) is 4.89. The van der Waals surface area contributed by atoms with Gasteiger partial charge in [0.1, 0.15) is 0 Å². The van der Waals surface area contributed by atoms with Gasteiger partial charge in [0, 0.05) is 0 Å². The summed E-state index contributed by atoms with van der Waals surface area (Å²) in [7, 11) is 0. The Morgan fingerprint density at radius 3 is 2.35 bits per heavy atom. The maximum atomic E-state index is 9.68. The fourth-order valence-electron chi connectivity index (χ4n) is 2.27. The minimum Gasteiger partial charge on any atom is -0.389 e. The molecule has 0 aliphatic heterocycles. The number of aryl methyl sites for hydroxylation is 1. The van der Waals surface area contributed by atoms with Gasteiger partial charge in [-0.2, -0.15) is 0 Å². The van der Waals surface area contributed by atoms with Crippen LogP contribution in [0, 0.1) is 0 Å². The van der Waals surface area contributed by atoms with Crippen LogP contribution in [-0.2, 0) is 6.42 Å². The minimum absolute atomic E-state index is 0.341. The Kier molecular flexibility index (Phi) is 6.95. The monoisotopic (exact) mass is 234 g/mol. The zero-order valence-corrected chi connectivity index (χ0v) is 11.3. The van der Waals surface area contributed by atoms with E-state index in [2.05, 4.69) is 19.1 Å². The molecule has 0 amide bonds. The molecule has 17 heavy (non-hydrogen) atoms. The third-order valence-corrected chi connectivity index (χ3v) is 3.30. The highest BCUT2D eigenvalue weighted by atomic mass is 16.3. The lowest BCUT2D eigenvalue weighted by molar-refractivity contribution is 0.198. The van der Waals surface area contributed by atoms with Gasteiger partial charge in [-0.1, -0.05) is 63.3 Å². The van der Waals surface area contributed by atoms with Gasteiger partial charge in [-0.3, -0.25) is 0 Å². The molecule has 0 spiro atoms. The Morgan fingerprint density at radius 2 is 1.65 bits per heavy atom. The van der Waals surface area contributed by atoms with Crippen molar-refractivity contribution in [3.63, 3.8) is 0 Å². The Labute approximate surface area is 106 Å². The summed E-state index contributed by atoms with van der Waals surface area (Å²) in [5.41, 5.74) is 2.42. The molecule has 1 heteroatoms. The van der Waals surface area contributed by atoms with Crippen LogP contribution in [-0.4, -0.2) is 5.11 Å². The van der Waals surface area contributed by atoms with E-state index in [0.29, 0.717) is 0 Å². The van der Waals surface area contributed by atoms with Crippen molar-refractivity contribution in [3.8, 4) is 0 Å². The predicted molar refractivity (Wildman–Crippen MR) is 74.2 cm³/mol. The molecule has 1 aromatic rings. The molecule has 0 radical (unpaired) electrons. The molecule has 1 N–H and O–H groups in total. The van der Waals surface area contributed by atoms with Crippen LogP contribution in [0.1, 0.15) is 69.6 Å². The van der Waals surface area contributed by atoms with Crippen LogP contribution in [0.25, 0.3) is 0 Å². The van der Waals surface area contributed by atoms with Gasteiger partial charge < -0.3 is 5.11 Å². The van der Waals surface area contributed by atoms with Crippen molar-refractivity contribution in [2.75, 3.05) is 0 Å². The van der Waals surface area contributed by atoms with Gasteiger partial charge in [-0.25, -0.2) is 0 Å². The molecule has 1 atom stereocenters. The summed E-state index contributed by atoms with van der Waals surface area (Å²) in [6, 6.07) is 8.26. The highest BCUT2D eigenvalue weighted by molar-refractivity contribution is 5.28. The lowest BCUT2D eigenvalue weighted by atomic mass is 9.98. The van der Waals surface area contributed by atoms with Crippen molar-refractivity contribution in [2.24, 2.45) is 0 Å². The number of hydrogen-bond acceptors (Lipinski definition) is 1. The van der Waals surface area contributed by atoms with E-state index in [-0.39, 0.29) is 6.10 Å². The molecule has 0 saturated heterocycles. The first-order valence-corrected chi connectivity index (χ1v) is 7.01. The molecule has 1 rings (SSSR count). The average molecular weight is 234 g/mol. The fraction of sp³-hybridized carbons (Fsp3) is 0.625. The van der Waals surface area contributed by atoms with E-state index in [4.69, 9.17) is 0 Å². The first-order chi connectivity index (χ1) is 8.25. The molecular weight excluding hydrogens is 208 g/mol. The van der Waals surface area contributed by atoms with Gasteiger partial charge >= 0.3 is 0 Å². The van der Waals surface area contributed by atoms with Gasteiger partial charge in [0.25, 0.3) is 0 Å². The average Bonchev–Trinajstić information content (AvgIpc) is 2.34. The topological polar surface area (TPSA) is 20.2 Å². The highest BCUT2D eigenvalue weighted by Crippen LogP contribution is 2.19. The Hall–Kier alpha value is -0.820. The van der Waals surface area contributed by atoms with E-state index in [1.165, 1.54) is 44.1 Å². The Balaban J connectivity index is 2.31. The summed E-state index contributed by atoms with van der Waals surface area (Å²) in [4.78, 5) is 0. The van der Waals surface area contributed by atoms with Crippen molar-refractivity contribution in [1.82, 2.24) is 0 Å². The standard InChI is InChI=1S/C16H26O/c1-3-4-5-6-7-8-11-15-12-9-10-13-16(15)14(2)17/h9-10,12-14,17H,3-8,11H2,1-2H3. The number of aliphatic hydroxyl groups is 1. The van der Waals surface area contributed by atoms with Crippen molar-refractivity contribution in [3.05, 3.63) is 35.4 Å². The van der Waals surface area contributed by atoms with Crippen LogP contribution in [0.2, 0.25) is 0 Å². The smallest absolute Gasteiger partial charge is 0.0764 e. The van der Waals surface area contributed by atoms with E-state index in [1.807, 2.05) is 19.1 Å². The normalized spacial score (nSPS) is 12.6. The van der Waals surface area contributed by atoms with E-state index in [9.17, 15) is 5.11 Å². The number of aliphatic hydroxyl groups excluding tert-OH is 1. The molecule has 1 nitrogen and oxygen atoms in total. The SMILES string of the molecule is CCCCCCCCc1ccccc1C(C)O. The van der Waals surface area contributed by atoms with Crippen molar-refractivity contribution in [2.45, 2.75) is 64.9 Å². The molecule has 0 bridgehead atoms. The number of benzene rings is 1. The third kappa shape index (κ3) is 5.36. The van der Waals surface area contributed by atoms with Gasteiger partial charge in [-0.05, 0) is 30.9 Å². The van der Waals surface area contributed by atoms with E-state index < -0.39 is 0 Å². The van der Waals surface area contributed by atoms with Gasteiger partial charge in [-0.15, -0.1) is 0 Å². The fourth-order valence-corrected chi connectivity index (χ4v) is 2.27. The first kappa shape index (κ1) is 14.2. The third-order valence-electron chi connectivity index (χ3n) is 3.30. The molecule has 0 heterocycles. The predicted octanol–water partition coefficient (Wildman–Crippen LogP) is 4.64. The van der Waals surface area contributed by atoms with E-state index in [0.717, 1.165) is 12.0 Å². The Morgan fingerprint density at radius 1 is 1.00 bits per heavy atom. The summed E-state index contributed by atoms with van der Waals surface area (Å²) < 4.78 is 0. The second-order valence-corrected chi connectivity index (χ2v) is 4.89. The van der Waals surface area contributed by atoms with Crippen molar-refractivity contribution < 1.29 is 5.11 Å². The van der Waals surface area contributed by atoms with E-state index in [1.54, 1.807) is 0 Å². The van der Waals surface area contributed by atoms with Gasteiger partial charge in [0.05, 0.1) is 6.10 Å². The molecule has 0 saturated carbocycles. The van der Waals surface area contributed by atoms with Gasteiger partial charge in [0.2, 0.25) is 0 Å². The quantitative estimate of drug-likeness (QED) is 0.649. The van der Waals surface area contributed by atoms with Crippen LogP contribution in [0.3, 0.4) is 0 Å². The van der Waals surface area contributed by atoms with Crippen LogP contribution in [0.15, 0.2) is 24.3 Å². The lowest BCUT2D eigenvalue weighted by Gasteiger charge is -2.11. The summed E-state index contributed by atoms with van der Waals surface area (Å²) in [6.45, 7) is 4.10.